The highest BCUT2D eigenvalue weighted by Crippen LogP contribution is 2.51. The number of aliphatic carboxylic acids is 1. The number of rotatable bonds is 4. The Labute approximate surface area is 127 Å². The molecule has 3 unspecified atom stereocenters. The summed E-state index contributed by atoms with van der Waals surface area (Å²) in [5.41, 5.74) is 0.944. The van der Waals surface area contributed by atoms with Crippen molar-refractivity contribution < 1.29 is 14.3 Å². The molecule has 1 aromatic rings. The van der Waals surface area contributed by atoms with Gasteiger partial charge in [0.1, 0.15) is 6.17 Å². The van der Waals surface area contributed by atoms with Crippen molar-refractivity contribution in [2.75, 3.05) is 0 Å². The minimum atomic E-state index is -1.01. The van der Waals surface area contributed by atoms with Crippen molar-refractivity contribution in [1.29, 1.82) is 0 Å². The maximum Gasteiger partial charge on any atom is 0.328 e. The van der Waals surface area contributed by atoms with Gasteiger partial charge in [-0.25, -0.2) is 9.18 Å². The van der Waals surface area contributed by atoms with Gasteiger partial charge in [-0.3, -0.25) is 0 Å². The minimum absolute atomic E-state index is 0.140. The second-order valence-electron chi connectivity index (χ2n) is 4.30. The summed E-state index contributed by atoms with van der Waals surface area (Å²) in [5, 5.41) is 8.43. The van der Waals surface area contributed by atoms with Crippen LogP contribution in [0.25, 0.3) is 0 Å². The monoisotopic (exact) mass is 388 g/mol. The third-order valence-corrected chi connectivity index (χ3v) is 4.88. The summed E-state index contributed by atoms with van der Waals surface area (Å²) in [6.07, 6.45) is 4.83. The van der Waals surface area contributed by atoms with Gasteiger partial charge >= 0.3 is 5.97 Å². The Kier molecular flexibility index (Phi) is 4.58. The molecule has 0 saturated heterocycles. The van der Waals surface area contributed by atoms with Gasteiger partial charge in [0.2, 0.25) is 0 Å². The van der Waals surface area contributed by atoms with Crippen LogP contribution in [0, 0.1) is 5.92 Å². The second-order valence-corrected chi connectivity index (χ2v) is 6.01. The number of carboxylic acid groups (broad SMARTS) is 1. The van der Waals surface area contributed by atoms with Gasteiger partial charge in [0.15, 0.2) is 0 Å². The molecule has 1 aliphatic rings. The van der Waals surface area contributed by atoms with E-state index in [4.69, 9.17) is 5.11 Å². The first-order valence-electron chi connectivity index (χ1n) is 5.67. The first-order chi connectivity index (χ1) is 9.00. The molecule has 0 amide bonds. The van der Waals surface area contributed by atoms with E-state index in [1.807, 2.05) is 18.2 Å². The maximum absolute atomic E-state index is 13.7. The van der Waals surface area contributed by atoms with Crippen molar-refractivity contribution >= 4 is 37.8 Å². The van der Waals surface area contributed by atoms with Crippen LogP contribution in [0.15, 0.2) is 51.4 Å². The number of alkyl halides is 1. The molecule has 1 saturated carbocycles. The van der Waals surface area contributed by atoms with Gasteiger partial charge in [-0.15, -0.1) is 0 Å². The lowest BCUT2D eigenvalue weighted by Crippen LogP contribution is -1.84. The van der Waals surface area contributed by atoms with Crippen LogP contribution >= 0.6 is 31.9 Å². The molecule has 0 radical (unpaired) electrons. The molecule has 0 aromatic heterocycles. The van der Waals surface area contributed by atoms with Gasteiger partial charge < -0.3 is 5.11 Å². The van der Waals surface area contributed by atoms with Crippen LogP contribution in [0.5, 0.6) is 0 Å². The fourth-order valence-electron chi connectivity index (χ4n) is 1.98. The van der Waals surface area contributed by atoms with Crippen LogP contribution in [-0.2, 0) is 4.79 Å². The lowest BCUT2D eigenvalue weighted by atomic mass is 10.1. The van der Waals surface area contributed by atoms with Crippen LogP contribution in [0.4, 0.5) is 4.39 Å². The van der Waals surface area contributed by atoms with Crippen molar-refractivity contribution in [2.24, 2.45) is 5.92 Å². The van der Waals surface area contributed by atoms with Crippen LogP contribution in [0.2, 0.25) is 0 Å². The van der Waals surface area contributed by atoms with Crippen molar-refractivity contribution in [3.63, 3.8) is 0 Å². The molecule has 5 heteroatoms. The van der Waals surface area contributed by atoms with Crippen LogP contribution < -0.4 is 0 Å². The molecule has 1 N–H and O–H groups in total. The Balaban J connectivity index is 2.03. The van der Waals surface area contributed by atoms with Crippen LogP contribution in [-0.4, -0.2) is 17.2 Å². The summed E-state index contributed by atoms with van der Waals surface area (Å²) in [7, 11) is 0. The van der Waals surface area contributed by atoms with Gasteiger partial charge in [-0.2, -0.15) is 0 Å². The quantitative estimate of drug-likeness (QED) is 0.609. The molecule has 0 bridgehead atoms. The summed E-state index contributed by atoms with van der Waals surface area (Å²) in [4.78, 5) is 10.3. The van der Waals surface area contributed by atoms with Gasteiger partial charge in [0, 0.05) is 26.9 Å². The first-order valence-corrected chi connectivity index (χ1v) is 7.26. The Hall–Kier alpha value is -0.940. The van der Waals surface area contributed by atoms with E-state index in [0.717, 1.165) is 20.6 Å². The Morgan fingerprint density at radius 2 is 2.00 bits per heavy atom. The van der Waals surface area contributed by atoms with E-state index in [9.17, 15) is 9.18 Å². The molecule has 1 fully saturated rings. The topological polar surface area (TPSA) is 37.3 Å². The Bertz CT molecular complexity index is 554. The highest BCUT2D eigenvalue weighted by Gasteiger charge is 2.50. The average Bonchev–Trinajstić information content (AvgIpc) is 2.99. The molecule has 1 aromatic carbocycles. The lowest BCUT2D eigenvalue weighted by Gasteiger charge is -2.01. The SMILES string of the molecule is O=C(O)/C=C/C=C/C1C(F)C1c1ccc(Br)c(Br)c1. The third-order valence-electron chi connectivity index (χ3n) is 3.00. The van der Waals surface area contributed by atoms with E-state index < -0.39 is 12.1 Å². The molecular weight excluding hydrogens is 379 g/mol. The molecule has 3 atom stereocenters. The van der Waals surface area contributed by atoms with E-state index in [1.165, 1.54) is 6.08 Å². The summed E-state index contributed by atoms with van der Waals surface area (Å²) in [6, 6.07) is 5.69. The zero-order valence-electron chi connectivity index (χ0n) is 9.76. The summed E-state index contributed by atoms with van der Waals surface area (Å²) >= 11 is 6.77. The third kappa shape index (κ3) is 3.54. The highest BCUT2D eigenvalue weighted by atomic mass is 79.9. The fraction of sp³-hybridized carbons (Fsp3) is 0.214. The van der Waals surface area contributed by atoms with E-state index in [-0.39, 0.29) is 11.8 Å². The number of allylic oxidation sites excluding steroid dienone is 3. The van der Waals surface area contributed by atoms with E-state index in [2.05, 4.69) is 31.9 Å². The Morgan fingerprint density at radius 3 is 2.63 bits per heavy atom. The van der Waals surface area contributed by atoms with Crippen molar-refractivity contribution in [3.8, 4) is 0 Å². The number of halogens is 3. The summed E-state index contributed by atoms with van der Waals surface area (Å²) in [5.74, 6) is -1.32. The number of hydrogen-bond donors (Lipinski definition) is 1. The zero-order chi connectivity index (χ0) is 14.0. The van der Waals surface area contributed by atoms with Crippen LogP contribution in [0.1, 0.15) is 11.5 Å². The zero-order valence-corrected chi connectivity index (χ0v) is 12.9. The molecule has 100 valence electrons. The van der Waals surface area contributed by atoms with Gasteiger partial charge in [-0.1, -0.05) is 24.3 Å². The summed E-state index contributed by atoms with van der Waals surface area (Å²) < 4.78 is 15.6. The first kappa shape index (κ1) is 14.5. The predicted molar refractivity (Wildman–Crippen MR) is 78.9 cm³/mol. The second kappa shape index (κ2) is 6.01. The van der Waals surface area contributed by atoms with Crippen molar-refractivity contribution in [1.82, 2.24) is 0 Å². The maximum atomic E-state index is 13.7. The number of carboxylic acids is 1. The molecule has 2 nitrogen and oxygen atoms in total. The Morgan fingerprint density at radius 1 is 1.26 bits per heavy atom. The lowest BCUT2D eigenvalue weighted by molar-refractivity contribution is -0.131. The van der Waals surface area contributed by atoms with E-state index >= 15 is 0 Å². The van der Waals surface area contributed by atoms with E-state index in [1.54, 1.807) is 12.2 Å². The molecule has 0 spiro atoms. The highest BCUT2D eigenvalue weighted by molar-refractivity contribution is 9.13. The molecule has 19 heavy (non-hydrogen) atoms. The number of benzene rings is 1. The van der Waals surface area contributed by atoms with E-state index in [0.29, 0.717) is 0 Å². The minimum Gasteiger partial charge on any atom is -0.478 e. The number of carbonyl (C=O) groups is 1. The van der Waals surface area contributed by atoms with Crippen molar-refractivity contribution in [3.05, 3.63) is 57.0 Å². The predicted octanol–water partition coefficient (Wildman–Crippen LogP) is 4.46. The number of hydrogen-bond acceptors (Lipinski definition) is 1. The molecular formula is C14H11Br2FO2. The summed E-state index contributed by atoms with van der Waals surface area (Å²) in [6.45, 7) is 0. The molecule has 2 rings (SSSR count). The van der Waals surface area contributed by atoms with Gasteiger partial charge in [-0.05, 0) is 49.6 Å². The average molecular weight is 390 g/mol. The van der Waals surface area contributed by atoms with Gasteiger partial charge in [0.25, 0.3) is 0 Å². The molecule has 0 aliphatic heterocycles. The smallest absolute Gasteiger partial charge is 0.328 e. The fourth-order valence-corrected chi connectivity index (χ4v) is 2.62. The van der Waals surface area contributed by atoms with Crippen molar-refractivity contribution in [2.45, 2.75) is 12.1 Å². The largest absolute Gasteiger partial charge is 0.478 e. The molecule has 1 aliphatic carbocycles. The molecule has 0 heterocycles. The normalized spacial score (nSPS) is 26.2. The van der Waals surface area contributed by atoms with Crippen LogP contribution in [0.3, 0.4) is 0 Å². The van der Waals surface area contributed by atoms with Gasteiger partial charge in [0.05, 0.1) is 0 Å². The standard InChI is InChI=1S/C14H11Br2FO2/c15-10-6-5-8(7-11(10)16)13-9(14(13)17)3-1-2-4-12(18)19/h1-7,9,13-14H,(H,18,19)/b3-1+,4-2+.